The first-order valence-corrected chi connectivity index (χ1v) is 10.7. The second-order valence-electron chi connectivity index (χ2n) is 6.33. The third-order valence-corrected chi connectivity index (χ3v) is 7.43. The minimum atomic E-state index is -3.59. The van der Waals surface area contributed by atoms with Gasteiger partial charge in [0.15, 0.2) is 0 Å². The van der Waals surface area contributed by atoms with Gasteiger partial charge in [0.1, 0.15) is 9.77 Å². The van der Waals surface area contributed by atoms with Crippen LogP contribution in [0, 0.1) is 6.92 Å². The van der Waals surface area contributed by atoms with Gasteiger partial charge in [-0.1, -0.05) is 29.8 Å². The van der Waals surface area contributed by atoms with Gasteiger partial charge in [0, 0.05) is 13.1 Å². The zero-order chi connectivity index (χ0) is 18.0. The van der Waals surface area contributed by atoms with Crippen molar-refractivity contribution in [3.8, 4) is 0 Å². The summed E-state index contributed by atoms with van der Waals surface area (Å²) >= 11 is 1.17. The van der Waals surface area contributed by atoms with Gasteiger partial charge in [-0.25, -0.2) is 8.42 Å². The number of rotatable bonds is 5. The molecule has 1 aliphatic heterocycles. The highest BCUT2D eigenvalue weighted by molar-refractivity contribution is 7.89. The van der Waals surface area contributed by atoms with Crippen LogP contribution in [0.5, 0.6) is 0 Å². The Balaban J connectivity index is 1.79. The van der Waals surface area contributed by atoms with Crippen molar-refractivity contribution in [2.24, 2.45) is 0 Å². The summed E-state index contributed by atoms with van der Waals surface area (Å²) in [5.41, 5.74) is 2.14. The number of sulfonamides is 1. The first-order valence-electron chi connectivity index (χ1n) is 8.34. The summed E-state index contributed by atoms with van der Waals surface area (Å²) in [6.45, 7) is 4.96. The Morgan fingerprint density at radius 3 is 2.44 bits per heavy atom. The lowest BCUT2D eigenvalue weighted by Gasteiger charge is -2.17. The summed E-state index contributed by atoms with van der Waals surface area (Å²) in [4.78, 5) is 13.0. The van der Waals surface area contributed by atoms with Crippen LogP contribution in [0.15, 0.2) is 40.6 Å². The van der Waals surface area contributed by atoms with E-state index in [0.717, 1.165) is 24.0 Å². The molecule has 1 aromatic heterocycles. The number of aryl methyl sites for hydroxylation is 1. The van der Waals surface area contributed by atoms with Gasteiger partial charge >= 0.3 is 0 Å². The SMILES string of the molecule is Cc1ccc(C(C)NC(=O)c2sccc2S(=O)(=O)N2CCCC2)cc1. The lowest BCUT2D eigenvalue weighted by Crippen LogP contribution is -2.31. The summed E-state index contributed by atoms with van der Waals surface area (Å²) in [6.07, 6.45) is 1.74. The van der Waals surface area contributed by atoms with E-state index in [2.05, 4.69) is 5.32 Å². The molecule has 1 aromatic carbocycles. The average Bonchev–Trinajstić information content (AvgIpc) is 3.27. The molecule has 3 rings (SSSR count). The van der Waals surface area contributed by atoms with E-state index in [1.807, 2.05) is 38.1 Å². The Labute approximate surface area is 152 Å². The largest absolute Gasteiger partial charge is 0.345 e. The Morgan fingerprint density at radius 2 is 1.80 bits per heavy atom. The number of carbonyl (C=O) groups excluding carboxylic acids is 1. The number of hydrogen-bond acceptors (Lipinski definition) is 4. The maximum Gasteiger partial charge on any atom is 0.263 e. The second-order valence-corrected chi connectivity index (χ2v) is 9.15. The molecule has 2 aromatic rings. The van der Waals surface area contributed by atoms with E-state index in [1.165, 1.54) is 21.7 Å². The molecule has 1 fully saturated rings. The van der Waals surface area contributed by atoms with Crippen LogP contribution in [-0.2, 0) is 10.0 Å². The molecule has 0 aliphatic carbocycles. The summed E-state index contributed by atoms with van der Waals surface area (Å²) in [7, 11) is -3.59. The smallest absolute Gasteiger partial charge is 0.263 e. The van der Waals surface area contributed by atoms with E-state index < -0.39 is 10.0 Å². The van der Waals surface area contributed by atoms with Crippen molar-refractivity contribution >= 4 is 27.3 Å². The predicted molar refractivity (Wildman–Crippen MR) is 99.4 cm³/mol. The molecule has 1 aliphatic rings. The molecule has 5 nitrogen and oxygen atoms in total. The number of thiophene rings is 1. The van der Waals surface area contributed by atoms with E-state index in [9.17, 15) is 13.2 Å². The highest BCUT2D eigenvalue weighted by atomic mass is 32.2. The van der Waals surface area contributed by atoms with Crippen LogP contribution in [0.1, 0.15) is 46.6 Å². The number of nitrogens with one attached hydrogen (secondary N) is 1. The molecular weight excluding hydrogens is 356 g/mol. The van der Waals surface area contributed by atoms with E-state index in [4.69, 9.17) is 0 Å². The summed E-state index contributed by atoms with van der Waals surface area (Å²) < 4.78 is 27.0. The van der Waals surface area contributed by atoms with E-state index in [1.54, 1.807) is 5.38 Å². The lowest BCUT2D eigenvalue weighted by atomic mass is 10.1. The van der Waals surface area contributed by atoms with Crippen molar-refractivity contribution < 1.29 is 13.2 Å². The predicted octanol–water partition coefficient (Wildman–Crippen LogP) is 3.33. The minimum Gasteiger partial charge on any atom is -0.345 e. The zero-order valence-electron chi connectivity index (χ0n) is 14.4. The maximum absolute atomic E-state index is 12.8. The maximum atomic E-state index is 12.8. The average molecular weight is 379 g/mol. The van der Waals surface area contributed by atoms with Gasteiger partial charge in [-0.15, -0.1) is 11.3 Å². The van der Waals surface area contributed by atoms with E-state index >= 15 is 0 Å². The van der Waals surface area contributed by atoms with Crippen LogP contribution in [-0.4, -0.2) is 31.7 Å². The fraction of sp³-hybridized carbons (Fsp3) is 0.389. The first kappa shape index (κ1) is 18.1. The summed E-state index contributed by atoms with van der Waals surface area (Å²) in [6, 6.07) is 9.26. The van der Waals surface area contributed by atoms with Gasteiger partial charge in [-0.2, -0.15) is 4.31 Å². The quantitative estimate of drug-likeness (QED) is 0.868. The number of carbonyl (C=O) groups is 1. The van der Waals surface area contributed by atoms with Crippen LogP contribution < -0.4 is 5.32 Å². The van der Waals surface area contributed by atoms with Crippen molar-refractivity contribution in [2.45, 2.75) is 37.6 Å². The van der Waals surface area contributed by atoms with Crippen LogP contribution in [0.4, 0.5) is 0 Å². The van der Waals surface area contributed by atoms with Crippen LogP contribution in [0.2, 0.25) is 0 Å². The molecule has 7 heteroatoms. The summed E-state index contributed by atoms with van der Waals surface area (Å²) in [5.74, 6) is -0.346. The highest BCUT2D eigenvalue weighted by Crippen LogP contribution is 2.28. The summed E-state index contributed by atoms with van der Waals surface area (Å²) in [5, 5.41) is 4.57. The van der Waals surface area contributed by atoms with Crippen molar-refractivity contribution in [1.82, 2.24) is 9.62 Å². The molecule has 25 heavy (non-hydrogen) atoms. The monoisotopic (exact) mass is 378 g/mol. The Hall–Kier alpha value is -1.70. The third-order valence-electron chi connectivity index (χ3n) is 4.44. The highest BCUT2D eigenvalue weighted by Gasteiger charge is 2.32. The Kier molecular flexibility index (Phi) is 5.27. The van der Waals surface area contributed by atoms with Gasteiger partial charge in [0.25, 0.3) is 5.91 Å². The van der Waals surface area contributed by atoms with Gasteiger partial charge in [0.2, 0.25) is 10.0 Å². The lowest BCUT2D eigenvalue weighted by molar-refractivity contribution is 0.0941. The normalized spacial score (nSPS) is 16.7. The minimum absolute atomic E-state index is 0.119. The number of nitrogens with zero attached hydrogens (tertiary/aromatic N) is 1. The van der Waals surface area contributed by atoms with Crippen LogP contribution in [0.25, 0.3) is 0 Å². The zero-order valence-corrected chi connectivity index (χ0v) is 16.0. The van der Waals surface area contributed by atoms with Gasteiger partial charge in [0.05, 0.1) is 6.04 Å². The standard InChI is InChI=1S/C18H22N2O3S2/c1-13-5-7-15(8-6-13)14(2)19-18(21)17-16(9-12-24-17)25(22,23)20-10-3-4-11-20/h5-9,12,14H,3-4,10-11H2,1-2H3,(H,19,21). The van der Waals surface area contributed by atoms with E-state index in [-0.39, 0.29) is 21.7 Å². The van der Waals surface area contributed by atoms with Crippen molar-refractivity contribution in [3.63, 3.8) is 0 Å². The molecule has 134 valence electrons. The molecule has 1 atom stereocenters. The molecule has 1 N–H and O–H groups in total. The van der Waals surface area contributed by atoms with Crippen LogP contribution in [0.3, 0.4) is 0 Å². The molecule has 1 saturated heterocycles. The fourth-order valence-corrected chi connectivity index (χ4v) is 5.76. The third kappa shape index (κ3) is 3.78. The molecular formula is C18H22N2O3S2. The second kappa shape index (κ2) is 7.27. The van der Waals surface area contributed by atoms with Gasteiger partial charge in [-0.3, -0.25) is 4.79 Å². The van der Waals surface area contributed by atoms with Crippen molar-refractivity contribution in [2.75, 3.05) is 13.1 Å². The molecule has 1 amide bonds. The van der Waals surface area contributed by atoms with Gasteiger partial charge < -0.3 is 5.32 Å². The van der Waals surface area contributed by atoms with Crippen molar-refractivity contribution in [1.29, 1.82) is 0 Å². The topological polar surface area (TPSA) is 66.5 Å². The Bertz CT molecular complexity index is 851. The molecule has 2 heterocycles. The van der Waals surface area contributed by atoms with Gasteiger partial charge in [-0.05, 0) is 43.7 Å². The fourth-order valence-electron chi connectivity index (χ4n) is 2.93. The first-order chi connectivity index (χ1) is 11.9. The molecule has 0 saturated carbocycles. The van der Waals surface area contributed by atoms with Crippen LogP contribution >= 0.6 is 11.3 Å². The van der Waals surface area contributed by atoms with E-state index in [0.29, 0.717) is 13.1 Å². The molecule has 0 radical (unpaired) electrons. The van der Waals surface area contributed by atoms with Crippen molar-refractivity contribution in [3.05, 3.63) is 51.7 Å². The number of amides is 1. The Morgan fingerprint density at radius 1 is 1.16 bits per heavy atom. The number of benzene rings is 1. The molecule has 0 spiro atoms. The molecule has 0 bridgehead atoms. The number of hydrogen-bond donors (Lipinski definition) is 1. The molecule has 1 unspecified atom stereocenters.